The van der Waals surface area contributed by atoms with Crippen molar-refractivity contribution in [2.24, 2.45) is 0 Å². The molecule has 1 saturated heterocycles. The van der Waals surface area contributed by atoms with Crippen molar-refractivity contribution < 1.29 is 14.3 Å². The molecule has 3 rings (SSSR count). The monoisotopic (exact) mass is 387 g/mol. The van der Waals surface area contributed by atoms with Gasteiger partial charge in [-0.1, -0.05) is 30.3 Å². The Balaban J connectivity index is 1.47. The largest absolute Gasteiger partial charge is 0.379 e. The molecule has 2 aromatic rings. The molecule has 144 valence electrons. The number of carbonyl (C=O) groups excluding carboxylic acids is 2. The molecular weight excluding hydrogens is 362 g/mol. The van der Waals surface area contributed by atoms with E-state index in [1.807, 2.05) is 35.7 Å². The van der Waals surface area contributed by atoms with Crippen LogP contribution < -0.4 is 10.6 Å². The quantitative estimate of drug-likeness (QED) is 0.708. The lowest BCUT2D eigenvalue weighted by Gasteiger charge is -2.34. The third-order valence-corrected chi connectivity index (χ3v) is 5.32. The smallest absolute Gasteiger partial charge is 0.309 e. The first-order valence-electron chi connectivity index (χ1n) is 9.18. The average Bonchev–Trinajstić information content (AvgIpc) is 3.24. The maximum Gasteiger partial charge on any atom is 0.309 e. The summed E-state index contributed by atoms with van der Waals surface area (Å²) >= 11 is 1.63. The van der Waals surface area contributed by atoms with Crippen LogP contribution in [0.2, 0.25) is 0 Å². The third kappa shape index (κ3) is 5.89. The van der Waals surface area contributed by atoms with Crippen LogP contribution in [0.1, 0.15) is 17.2 Å². The summed E-state index contributed by atoms with van der Waals surface area (Å²) in [5.41, 5.74) is 2.29. The molecule has 1 fully saturated rings. The van der Waals surface area contributed by atoms with Gasteiger partial charge in [0.1, 0.15) is 0 Å². The molecule has 1 aromatic heterocycles. The number of thiophene rings is 1. The van der Waals surface area contributed by atoms with Gasteiger partial charge in [0.2, 0.25) is 0 Å². The number of nitrogens with one attached hydrogen (secondary N) is 2. The van der Waals surface area contributed by atoms with Gasteiger partial charge in [0.05, 0.1) is 19.3 Å². The van der Waals surface area contributed by atoms with Crippen LogP contribution in [0.25, 0.3) is 0 Å². The molecule has 0 aliphatic carbocycles. The molecule has 1 aliphatic rings. The van der Waals surface area contributed by atoms with Gasteiger partial charge >= 0.3 is 11.8 Å². The van der Waals surface area contributed by atoms with Crippen LogP contribution >= 0.6 is 11.3 Å². The summed E-state index contributed by atoms with van der Waals surface area (Å²) in [7, 11) is 0. The van der Waals surface area contributed by atoms with Crippen molar-refractivity contribution in [3.8, 4) is 0 Å². The van der Waals surface area contributed by atoms with Crippen molar-refractivity contribution in [2.75, 3.05) is 39.4 Å². The van der Waals surface area contributed by atoms with Gasteiger partial charge in [0, 0.05) is 26.2 Å². The molecular formula is C20H25N3O3S. The molecule has 27 heavy (non-hydrogen) atoms. The van der Waals surface area contributed by atoms with E-state index in [0.29, 0.717) is 32.7 Å². The number of hydrogen-bond donors (Lipinski definition) is 2. The molecule has 0 bridgehead atoms. The Morgan fingerprint density at radius 3 is 2.52 bits per heavy atom. The molecule has 2 N–H and O–H groups in total. The fourth-order valence-corrected chi connectivity index (χ4v) is 3.83. The normalized spacial score (nSPS) is 15.9. The lowest BCUT2D eigenvalue weighted by atomic mass is 10.1. The van der Waals surface area contributed by atoms with Crippen LogP contribution in [0, 0.1) is 0 Å². The van der Waals surface area contributed by atoms with E-state index in [9.17, 15) is 9.59 Å². The first-order chi connectivity index (χ1) is 13.2. The fourth-order valence-electron chi connectivity index (χ4n) is 3.13. The summed E-state index contributed by atoms with van der Waals surface area (Å²) < 4.78 is 5.42. The number of hydrogen-bond acceptors (Lipinski definition) is 5. The van der Waals surface area contributed by atoms with E-state index < -0.39 is 11.8 Å². The summed E-state index contributed by atoms with van der Waals surface area (Å²) in [4.78, 5) is 26.5. The van der Waals surface area contributed by atoms with Crippen LogP contribution in [0.5, 0.6) is 0 Å². The Hall–Kier alpha value is -2.22. The second-order valence-corrected chi connectivity index (χ2v) is 7.20. The predicted molar refractivity (Wildman–Crippen MR) is 106 cm³/mol. The Labute approximate surface area is 163 Å². The summed E-state index contributed by atoms with van der Waals surface area (Å²) in [6.45, 7) is 3.86. The number of nitrogens with zero attached hydrogens (tertiary/aromatic N) is 1. The van der Waals surface area contributed by atoms with Crippen LogP contribution in [0.3, 0.4) is 0 Å². The van der Waals surface area contributed by atoms with Crippen molar-refractivity contribution in [1.82, 2.24) is 15.5 Å². The molecule has 1 atom stereocenters. The highest BCUT2D eigenvalue weighted by atomic mass is 32.1. The first-order valence-corrected chi connectivity index (χ1v) is 10.1. The molecule has 1 aromatic carbocycles. The Morgan fingerprint density at radius 2 is 1.81 bits per heavy atom. The van der Waals surface area contributed by atoms with Crippen LogP contribution in [-0.4, -0.2) is 56.1 Å². The fraction of sp³-hybridized carbons (Fsp3) is 0.400. The SMILES string of the molecule is O=C(NCCc1ccccc1)C(=O)NC[C@@H](c1ccsc1)N1CCOCC1. The van der Waals surface area contributed by atoms with E-state index in [1.54, 1.807) is 11.3 Å². The lowest BCUT2D eigenvalue weighted by molar-refractivity contribution is -0.139. The third-order valence-electron chi connectivity index (χ3n) is 4.62. The van der Waals surface area contributed by atoms with E-state index >= 15 is 0 Å². The van der Waals surface area contributed by atoms with Crippen LogP contribution in [0.15, 0.2) is 47.2 Å². The average molecular weight is 388 g/mol. The minimum atomic E-state index is -0.587. The van der Waals surface area contributed by atoms with Gasteiger partial charge in [-0.3, -0.25) is 14.5 Å². The highest BCUT2D eigenvalue weighted by Gasteiger charge is 2.24. The highest BCUT2D eigenvalue weighted by molar-refractivity contribution is 7.07. The van der Waals surface area contributed by atoms with Gasteiger partial charge in [-0.25, -0.2) is 0 Å². The van der Waals surface area contributed by atoms with Crippen molar-refractivity contribution in [3.63, 3.8) is 0 Å². The summed E-state index contributed by atoms with van der Waals surface area (Å²) in [6.07, 6.45) is 0.700. The second-order valence-electron chi connectivity index (χ2n) is 6.42. The van der Waals surface area contributed by atoms with Gasteiger partial charge in [0.15, 0.2) is 0 Å². The van der Waals surface area contributed by atoms with Gasteiger partial charge in [-0.05, 0) is 34.4 Å². The van der Waals surface area contributed by atoms with Crippen LogP contribution in [-0.2, 0) is 20.7 Å². The molecule has 2 heterocycles. The van der Waals surface area contributed by atoms with Crippen molar-refractivity contribution in [2.45, 2.75) is 12.5 Å². The van der Waals surface area contributed by atoms with E-state index in [0.717, 1.165) is 24.2 Å². The number of amides is 2. The molecule has 0 saturated carbocycles. The number of carbonyl (C=O) groups is 2. The van der Waals surface area contributed by atoms with E-state index in [2.05, 4.69) is 27.0 Å². The number of ether oxygens (including phenoxy) is 1. The van der Waals surface area contributed by atoms with E-state index in [-0.39, 0.29) is 6.04 Å². The minimum Gasteiger partial charge on any atom is -0.379 e. The molecule has 7 heteroatoms. The first kappa shape index (κ1) is 19.5. The van der Waals surface area contributed by atoms with Gasteiger partial charge in [-0.2, -0.15) is 11.3 Å². The van der Waals surface area contributed by atoms with E-state index in [4.69, 9.17) is 4.74 Å². The van der Waals surface area contributed by atoms with Crippen molar-refractivity contribution in [3.05, 3.63) is 58.3 Å². The zero-order valence-electron chi connectivity index (χ0n) is 15.2. The molecule has 0 unspecified atom stereocenters. The predicted octanol–water partition coefficient (Wildman–Crippen LogP) is 1.60. The Bertz CT molecular complexity index is 715. The van der Waals surface area contributed by atoms with Crippen molar-refractivity contribution >= 4 is 23.2 Å². The Morgan fingerprint density at radius 1 is 1.07 bits per heavy atom. The van der Waals surface area contributed by atoms with Crippen molar-refractivity contribution in [1.29, 1.82) is 0 Å². The number of morpholine rings is 1. The standard InChI is InChI=1S/C20H25N3O3S/c24-19(21-8-6-16-4-2-1-3-5-16)20(25)22-14-18(17-7-13-27-15-17)23-9-11-26-12-10-23/h1-5,7,13,15,18H,6,8-12,14H2,(H,21,24)(H,22,25)/t18-/m0/s1. The summed E-state index contributed by atoms with van der Waals surface area (Å²) in [5.74, 6) is -1.17. The van der Waals surface area contributed by atoms with Gasteiger partial charge in [-0.15, -0.1) is 0 Å². The number of benzene rings is 1. The topological polar surface area (TPSA) is 70.7 Å². The maximum absolute atomic E-state index is 12.2. The lowest BCUT2D eigenvalue weighted by Crippen LogP contribution is -2.46. The second kappa shape index (κ2) is 10.2. The molecule has 2 amide bonds. The molecule has 0 radical (unpaired) electrons. The Kier molecular flexibility index (Phi) is 7.38. The van der Waals surface area contributed by atoms with E-state index in [1.165, 1.54) is 0 Å². The van der Waals surface area contributed by atoms with Crippen LogP contribution in [0.4, 0.5) is 0 Å². The van der Waals surface area contributed by atoms with Gasteiger partial charge < -0.3 is 15.4 Å². The zero-order chi connectivity index (χ0) is 18.9. The molecule has 1 aliphatic heterocycles. The molecule has 0 spiro atoms. The van der Waals surface area contributed by atoms with Gasteiger partial charge in [0.25, 0.3) is 0 Å². The zero-order valence-corrected chi connectivity index (χ0v) is 16.0. The highest BCUT2D eigenvalue weighted by Crippen LogP contribution is 2.23. The summed E-state index contributed by atoms with van der Waals surface area (Å²) in [6, 6.07) is 12.0. The minimum absolute atomic E-state index is 0.0567. The maximum atomic E-state index is 12.2. The molecule has 6 nitrogen and oxygen atoms in total. The summed E-state index contributed by atoms with van der Waals surface area (Å²) in [5, 5.41) is 9.59. The number of rotatable bonds is 7.